The predicted molar refractivity (Wildman–Crippen MR) is 97.6 cm³/mol. The molecule has 1 saturated heterocycles. The molecule has 136 valence electrons. The number of carbonyl (C=O) groups excluding carboxylic acids is 1. The van der Waals surface area contributed by atoms with Crippen molar-refractivity contribution in [2.24, 2.45) is 0 Å². The molecule has 0 aromatic heterocycles. The number of para-hydroxylation sites is 1. The van der Waals surface area contributed by atoms with Gasteiger partial charge in [0.15, 0.2) is 5.17 Å². The van der Waals surface area contributed by atoms with Crippen LogP contribution in [0.3, 0.4) is 0 Å². The number of hydrogen-bond acceptors (Lipinski definition) is 3. The van der Waals surface area contributed by atoms with E-state index in [9.17, 15) is 18.0 Å². The third kappa shape index (κ3) is 4.37. The van der Waals surface area contributed by atoms with Gasteiger partial charge in [-0.2, -0.15) is 13.2 Å². The van der Waals surface area contributed by atoms with Crippen molar-refractivity contribution in [3.63, 3.8) is 0 Å². The van der Waals surface area contributed by atoms with Crippen LogP contribution < -0.4 is 10.2 Å². The van der Waals surface area contributed by atoms with Crippen LogP contribution in [0, 0.1) is 5.41 Å². The van der Waals surface area contributed by atoms with Crippen LogP contribution in [0.5, 0.6) is 0 Å². The standard InChI is InChI=1S/C18H16F3N3OS/c19-18(20,21)12-5-4-6-13(9-12)23-16(25)10-15-11-24(17(22)26-15)14-7-2-1-3-8-14/h1-9,15,22H,10-11H2,(H,23,25). The quantitative estimate of drug-likeness (QED) is 0.817. The molecule has 0 radical (unpaired) electrons. The van der Waals surface area contributed by atoms with Crippen molar-refractivity contribution in [3.8, 4) is 0 Å². The monoisotopic (exact) mass is 379 g/mol. The van der Waals surface area contributed by atoms with Crippen molar-refractivity contribution in [3.05, 3.63) is 60.2 Å². The van der Waals surface area contributed by atoms with Crippen LogP contribution in [0.2, 0.25) is 0 Å². The Morgan fingerprint density at radius 3 is 2.62 bits per heavy atom. The molecule has 0 spiro atoms. The first-order valence-corrected chi connectivity index (χ1v) is 8.76. The van der Waals surface area contributed by atoms with Gasteiger partial charge in [-0.15, -0.1) is 0 Å². The number of rotatable bonds is 4. The number of halogens is 3. The van der Waals surface area contributed by atoms with Gasteiger partial charge < -0.3 is 10.2 Å². The smallest absolute Gasteiger partial charge is 0.326 e. The molecule has 0 aliphatic carbocycles. The van der Waals surface area contributed by atoms with Gasteiger partial charge in [-0.3, -0.25) is 10.2 Å². The van der Waals surface area contributed by atoms with Crippen LogP contribution in [0.25, 0.3) is 0 Å². The van der Waals surface area contributed by atoms with E-state index in [0.717, 1.165) is 17.8 Å². The summed E-state index contributed by atoms with van der Waals surface area (Å²) < 4.78 is 38.2. The molecule has 1 aliphatic heterocycles. The minimum absolute atomic E-state index is 0.114. The zero-order valence-electron chi connectivity index (χ0n) is 13.6. The predicted octanol–water partition coefficient (Wildman–Crippen LogP) is 4.59. The molecule has 1 unspecified atom stereocenters. The van der Waals surface area contributed by atoms with Crippen molar-refractivity contribution in [2.45, 2.75) is 17.8 Å². The zero-order valence-corrected chi connectivity index (χ0v) is 14.4. The maximum Gasteiger partial charge on any atom is 0.416 e. The van der Waals surface area contributed by atoms with Gasteiger partial charge in [-0.05, 0) is 30.3 Å². The summed E-state index contributed by atoms with van der Waals surface area (Å²) in [6.07, 6.45) is -4.33. The summed E-state index contributed by atoms with van der Waals surface area (Å²) in [4.78, 5) is 14.0. The first-order valence-electron chi connectivity index (χ1n) is 7.88. The molecule has 0 saturated carbocycles. The van der Waals surface area contributed by atoms with Crippen LogP contribution in [-0.2, 0) is 11.0 Å². The molecule has 1 aliphatic rings. The zero-order chi connectivity index (χ0) is 18.7. The minimum atomic E-state index is -4.45. The summed E-state index contributed by atoms with van der Waals surface area (Å²) in [6.45, 7) is 0.503. The van der Waals surface area contributed by atoms with E-state index in [2.05, 4.69) is 5.32 Å². The van der Waals surface area contributed by atoms with Gasteiger partial charge in [0.1, 0.15) is 0 Å². The molecule has 3 rings (SSSR count). The molecular weight excluding hydrogens is 363 g/mol. The summed E-state index contributed by atoms with van der Waals surface area (Å²) in [5, 5.41) is 10.8. The lowest BCUT2D eigenvalue weighted by Gasteiger charge is -2.17. The van der Waals surface area contributed by atoms with E-state index in [1.54, 1.807) is 0 Å². The van der Waals surface area contributed by atoms with E-state index in [1.807, 2.05) is 35.2 Å². The minimum Gasteiger partial charge on any atom is -0.326 e. The summed E-state index contributed by atoms with van der Waals surface area (Å²) >= 11 is 1.28. The number of amides is 1. The number of benzene rings is 2. The molecule has 4 nitrogen and oxygen atoms in total. The Hall–Kier alpha value is -2.48. The average molecular weight is 379 g/mol. The second-order valence-electron chi connectivity index (χ2n) is 5.82. The lowest BCUT2D eigenvalue weighted by Crippen LogP contribution is -2.26. The van der Waals surface area contributed by atoms with Crippen molar-refractivity contribution in [1.82, 2.24) is 0 Å². The highest BCUT2D eigenvalue weighted by atomic mass is 32.2. The first kappa shape index (κ1) is 18.3. The summed E-state index contributed by atoms with van der Waals surface area (Å²) in [5.74, 6) is -0.371. The Labute approximate surface area is 152 Å². The van der Waals surface area contributed by atoms with E-state index in [-0.39, 0.29) is 23.3 Å². The topological polar surface area (TPSA) is 56.2 Å². The van der Waals surface area contributed by atoms with E-state index < -0.39 is 11.7 Å². The number of anilines is 2. The van der Waals surface area contributed by atoms with Gasteiger partial charge in [-0.25, -0.2) is 0 Å². The molecule has 8 heteroatoms. The van der Waals surface area contributed by atoms with Gasteiger partial charge in [0.2, 0.25) is 5.91 Å². The summed E-state index contributed by atoms with van der Waals surface area (Å²) in [6, 6.07) is 14.0. The Morgan fingerprint density at radius 1 is 1.19 bits per heavy atom. The summed E-state index contributed by atoms with van der Waals surface area (Å²) in [5.41, 5.74) is 0.191. The first-order chi connectivity index (χ1) is 12.3. The molecular formula is C18H16F3N3OS. The maximum absolute atomic E-state index is 12.7. The largest absolute Gasteiger partial charge is 0.416 e. The molecule has 0 bridgehead atoms. The lowest BCUT2D eigenvalue weighted by atomic mass is 10.2. The highest BCUT2D eigenvalue weighted by Gasteiger charge is 2.32. The number of thioether (sulfide) groups is 1. The van der Waals surface area contributed by atoms with Gasteiger partial charge >= 0.3 is 6.18 Å². The van der Waals surface area contributed by atoms with Gasteiger partial charge in [0.05, 0.1) is 5.56 Å². The Bertz CT molecular complexity index is 811. The molecule has 2 N–H and O–H groups in total. The number of carbonyl (C=O) groups is 1. The highest BCUT2D eigenvalue weighted by molar-refractivity contribution is 8.15. The molecule has 2 aromatic rings. The number of hydrogen-bond donors (Lipinski definition) is 2. The van der Waals surface area contributed by atoms with E-state index in [4.69, 9.17) is 5.41 Å². The fourth-order valence-corrected chi connectivity index (χ4v) is 3.76. The number of nitrogens with one attached hydrogen (secondary N) is 2. The SMILES string of the molecule is N=C1SC(CC(=O)Nc2cccc(C(F)(F)F)c2)CN1c1ccccc1. The highest BCUT2D eigenvalue weighted by Crippen LogP contribution is 2.32. The third-order valence-electron chi connectivity index (χ3n) is 3.86. The van der Waals surface area contributed by atoms with Crippen LogP contribution in [-0.4, -0.2) is 22.9 Å². The Morgan fingerprint density at radius 2 is 1.92 bits per heavy atom. The lowest BCUT2D eigenvalue weighted by molar-refractivity contribution is -0.137. The van der Waals surface area contributed by atoms with Crippen LogP contribution in [0.15, 0.2) is 54.6 Å². The van der Waals surface area contributed by atoms with E-state index in [0.29, 0.717) is 11.7 Å². The molecule has 1 atom stereocenters. The van der Waals surface area contributed by atoms with Crippen molar-refractivity contribution >= 4 is 34.2 Å². The van der Waals surface area contributed by atoms with Crippen LogP contribution in [0.4, 0.5) is 24.5 Å². The van der Waals surface area contributed by atoms with Gasteiger partial charge in [-0.1, -0.05) is 36.0 Å². The van der Waals surface area contributed by atoms with Gasteiger partial charge in [0, 0.05) is 29.6 Å². The van der Waals surface area contributed by atoms with Crippen LogP contribution >= 0.6 is 11.8 Å². The molecule has 1 heterocycles. The van der Waals surface area contributed by atoms with Crippen molar-refractivity contribution in [1.29, 1.82) is 5.41 Å². The van der Waals surface area contributed by atoms with Gasteiger partial charge in [0.25, 0.3) is 0 Å². The Kier molecular flexibility index (Phi) is 5.22. The maximum atomic E-state index is 12.7. The normalized spacial score (nSPS) is 17.4. The Balaban J connectivity index is 1.60. The number of alkyl halides is 3. The molecule has 1 fully saturated rings. The fourth-order valence-electron chi connectivity index (χ4n) is 2.67. The van der Waals surface area contributed by atoms with Crippen LogP contribution in [0.1, 0.15) is 12.0 Å². The van der Waals surface area contributed by atoms with Crippen molar-refractivity contribution < 1.29 is 18.0 Å². The summed E-state index contributed by atoms with van der Waals surface area (Å²) in [7, 11) is 0. The number of amidine groups is 1. The van der Waals surface area contributed by atoms with Crippen molar-refractivity contribution in [2.75, 3.05) is 16.8 Å². The average Bonchev–Trinajstić information content (AvgIpc) is 2.95. The third-order valence-corrected chi connectivity index (χ3v) is 4.96. The van der Waals surface area contributed by atoms with E-state index in [1.165, 1.54) is 23.9 Å². The molecule has 2 aromatic carbocycles. The molecule has 26 heavy (non-hydrogen) atoms. The fraction of sp³-hybridized carbons (Fsp3) is 0.222. The molecule has 1 amide bonds. The second-order valence-corrected chi connectivity index (χ2v) is 7.11. The van der Waals surface area contributed by atoms with E-state index >= 15 is 0 Å². The second kappa shape index (κ2) is 7.41. The number of nitrogens with zero attached hydrogens (tertiary/aromatic N) is 1.